The Hall–Kier alpha value is -0.210. The van der Waals surface area contributed by atoms with E-state index in [2.05, 4.69) is 23.6 Å². The molecule has 2 unspecified atom stereocenters. The first kappa shape index (κ1) is 16.2. The lowest BCUT2D eigenvalue weighted by molar-refractivity contribution is 0.185. The Morgan fingerprint density at radius 2 is 1.85 bits per heavy atom. The van der Waals surface area contributed by atoms with Crippen LogP contribution in [0, 0.1) is 11.8 Å². The van der Waals surface area contributed by atoms with Crippen molar-refractivity contribution < 1.29 is 8.42 Å². The van der Waals surface area contributed by atoms with Crippen molar-refractivity contribution in [2.45, 2.75) is 32.2 Å². The number of hydrogen-bond donors (Lipinski definition) is 2. The number of nitrogens with zero attached hydrogens (tertiary/aromatic N) is 2. The molecular formula is C13H28N4O2S. The molecule has 0 saturated carbocycles. The highest BCUT2D eigenvalue weighted by Crippen LogP contribution is 2.21. The smallest absolute Gasteiger partial charge is 0.279 e. The quantitative estimate of drug-likeness (QED) is 0.756. The van der Waals surface area contributed by atoms with Gasteiger partial charge in [-0.25, -0.2) is 0 Å². The summed E-state index contributed by atoms with van der Waals surface area (Å²) < 4.78 is 29.4. The van der Waals surface area contributed by atoms with Gasteiger partial charge in [0.2, 0.25) is 0 Å². The van der Waals surface area contributed by atoms with Crippen LogP contribution < -0.4 is 10.5 Å². The summed E-state index contributed by atoms with van der Waals surface area (Å²) >= 11 is 0. The highest BCUT2D eigenvalue weighted by Gasteiger charge is 2.32. The van der Waals surface area contributed by atoms with Gasteiger partial charge in [-0.2, -0.15) is 17.4 Å². The molecule has 0 aromatic heterocycles. The fraction of sp³-hybridized carbons (Fsp3) is 1.00. The highest BCUT2D eigenvalue weighted by atomic mass is 32.2. The second kappa shape index (κ2) is 6.70. The Morgan fingerprint density at radius 1 is 1.20 bits per heavy atom. The van der Waals surface area contributed by atoms with Crippen molar-refractivity contribution in [1.82, 2.24) is 13.9 Å². The largest absolute Gasteiger partial charge is 0.330 e. The molecule has 0 aromatic rings. The second-order valence-corrected chi connectivity index (χ2v) is 8.04. The van der Waals surface area contributed by atoms with Crippen LogP contribution in [0.25, 0.3) is 0 Å². The molecule has 6 nitrogen and oxygen atoms in total. The van der Waals surface area contributed by atoms with Crippen LogP contribution in [0.1, 0.15) is 26.2 Å². The van der Waals surface area contributed by atoms with E-state index in [0.717, 1.165) is 32.4 Å². The van der Waals surface area contributed by atoms with Gasteiger partial charge in [0.25, 0.3) is 10.2 Å². The molecule has 0 spiro atoms. The minimum atomic E-state index is -3.34. The molecule has 118 valence electrons. The third kappa shape index (κ3) is 3.92. The minimum Gasteiger partial charge on any atom is -0.330 e. The van der Waals surface area contributed by atoms with Crippen LogP contribution in [-0.4, -0.2) is 63.4 Å². The zero-order chi connectivity index (χ0) is 14.8. The van der Waals surface area contributed by atoms with E-state index in [4.69, 9.17) is 5.73 Å². The first-order valence-corrected chi connectivity index (χ1v) is 9.02. The van der Waals surface area contributed by atoms with Crippen LogP contribution in [0.4, 0.5) is 0 Å². The van der Waals surface area contributed by atoms with E-state index in [1.165, 1.54) is 0 Å². The van der Waals surface area contributed by atoms with Crippen molar-refractivity contribution in [2.75, 3.05) is 39.8 Å². The molecule has 2 heterocycles. The van der Waals surface area contributed by atoms with E-state index < -0.39 is 10.2 Å². The first-order valence-electron chi connectivity index (χ1n) is 7.58. The van der Waals surface area contributed by atoms with Crippen LogP contribution in [0.15, 0.2) is 0 Å². The van der Waals surface area contributed by atoms with Gasteiger partial charge in [0.1, 0.15) is 0 Å². The molecule has 2 aliphatic rings. The summed E-state index contributed by atoms with van der Waals surface area (Å²) in [5.41, 5.74) is 5.65. The van der Waals surface area contributed by atoms with Crippen LogP contribution in [0.5, 0.6) is 0 Å². The van der Waals surface area contributed by atoms with Crippen molar-refractivity contribution in [3.05, 3.63) is 0 Å². The number of nitrogens with one attached hydrogen (secondary N) is 1. The lowest BCUT2D eigenvalue weighted by Gasteiger charge is -2.37. The van der Waals surface area contributed by atoms with Crippen LogP contribution in [-0.2, 0) is 10.2 Å². The lowest BCUT2D eigenvalue weighted by Crippen LogP contribution is -2.54. The minimum absolute atomic E-state index is 0.0587. The average molecular weight is 304 g/mol. The number of hydrogen-bond acceptors (Lipinski definition) is 4. The van der Waals surface area contributed by atoms with Gasteiger partial charge in [-0.3, -0.25) is 0 Å². The third-order valence-corrected chi connectivity index (χ3v) is 6.30. The number of likely N-dealkylation sites (tertiary alicyclic amines) is 1. The Labute approximate surface area is 122 Å². The van der Waals surface area contributed by atoms with Gasteiger partial charge in [-0.05, 0) is 51.2 Å². The molecule has 2 rings (SSSR count). The van der Waals surface area contributed by atoms with Gasteiger partial charge in [0, 0.05) is 25.7 Å². The van der Waals surface area contributed by atoms with Crippen molar-refractivity contribution >= 4 is 10.2 Å². The summed E-state index contributed by atoms with van der Waals surface area (Å²) in [6.07, 6.45) is 2.64. The van der Waals surface area contributed by atoms with Crippen LogP contribution in [0.2, 0.25) is 0 Å². The second-order valence-electron chi connectivity index (χ2n) is 6.34. The SMILES string of the molecule is CC1CN(C)CCC1NS(=O)(=O)N1CCC(CN)CC1. The topological polar surface area (TPSA) is 78.7 Å². The fourth-order valence-corrected chi connectivity index (χ4v) is 4.75. The predicted octanol–water partition coefficient (Wildman–Crippen LogP) is -0.168. The maximum atomic E-state index is 12.4. The molecule has 3 N–H and O–H groups in total. The number of nitrogens with two attached hydrogens (primary N) is 1. The van der Waals surface area contributed by atoms with Crippen LogP contribution >= 0.6 is 0 Å². The molecule has 0 aromatic carbocycles. The third-order valence-electron chi connectivity index (χ3n) is 4.66. The Morgan fingerprint density at radius 3 is 2.40 bits per heavy atom. The highest BCUT2D eigenvalue weighted by molar-refractivity contribution is 7.87. The number of rotatable bonds is 4. The zero-order valence-corrected chi connectivity index (χ0v) is 13.4. The summed E-state index contributed by atoms with van der Waals surface area (Å²) in [6, 6.07) is 0.0587. The first-order chi connectivity index (χ1) is 9.42. The lowest BCUT2D eigenvalue weighted by atomic mass is 9.95. The molecule has 0 amide bonds. The predicted molar refractivity (Wildman–Crippen MR) is 80.5 cm³/mol. The maximum absolute atomic E-state index is 12.4. The molecule has 20 heavy (non-hydrogen) atoms. The number of piperidine rings is 2. The monoisotopic (exact) mass is 304 g/mol. The standard InChI is InChI=1S/C13H28N4O2S/c1-11-10-16(2)6-5-13(11)15-20(18,19)17-7-3-12(9-14)4-8-17/h11-13,15H,3-10,14H2,1-2H3. The van der Waals surface area contributed by atoms with E-state index in [1.807, 2.05) is 0 Å². The molecule has 2 fully saturated rings. The van der Waals surface area contributed by atoms with E-state index in [9.17, 15) is 8.42 Å². The molecule has 7 heteroatoms. The van der Waals surface area contributed by atoms with Gasteiger partial charge < -0.3 is 10.6 Å². The maximum Gasteiger partial charge on any atom is 0.279 e. The molecule has 2 atom stereocenters. The molecular weight excluding hydrogens is 276 g/mol. The fourth-order valence-electron chi connectivity index (χ4n) is 3.18. The normalized spacial score (nSPS) is 31.6. The average Bonchev–Trinajstić information content (AvgIpc) is 2.42. The molecule has 0 bridgehead atoms. The van der Waals surface area contributed by atoms with Crippen LogP contribution in [0.3, 0.4) is 0 Å². The van der Waals surface area contributed by atoms with Gasteiger partial charge in [-0.1, -0.05) is 6.92 Å². The van der Waals surface area contributed by atoms with Gasteiger partial charge in [0.15, 0.2) is 0 Å². The zero-order valence-electron chi connectivity index (χ0n) is 12.6. The van der Waals surface area contributed by atoms with Crippen molar-refractivity contribution in [1.29, 1.82) is 0 Å². The molecule has 0 aliphatic carbocycles. The van der Waals surface area contributed by atoms with Crippen molar-refractivity contribution in [3.8, 4) is 0 Å². The van der Waals surface area contributed by atoms with Gasteiger partial charge >= 0.3 is 0 Å². The Balaban J connectivity index is 1.91. The summed E-state index contributed by atoms with van der Waals surface area (Å²) in [4.78, 5) is 2.25. The van der Waals surface area contributed by atoms with E-state index >= 15 is 0 Å². The molecule has 2 saturated heterocycles. The summed E-state index contributed by atoms with van der Waals surface area (Å²) in [7, 11) is -1.26. The summed E-state index contributed by atoms with van der Waals surface area (Å²) in [5, 5.41) is 0. The summed E-state index contributed by atoms with van der Waals surface area (Å²) in [5.74, 6) is 0.828. The van der Waals surface area contributed by atoms with E-state index in [-0.39, 0.29) is 6.04 Å². The molecule has 0 radical (unpaired) electrons. The van der Waals surface area contributed by atoms with E-state index in [1.54, 1.807) is 4.31 Å². The van der Waals surface area contributed by atoms with Crippen molar-refractivity contribution in [2.24, 2.45) is 17.6 Å². The molecule has 2 aliphatic heterocycles. The van der Waals surface area contributed by atoms with Gasteiger partial charge in [-0.15, -0.1) is 0 Å². The Bertz CT molecular complexity index is 407. The van der Waals surface area contributed by atoms with Crippen molar-refractivity contribution in [3.63, 3.8) is 0 Å². The summed E-state index contributed by atoms with van der Waals surface area (Å²) in [6.45, 7) is 5.86. The Kier molecular flexibility index (Phi) is 5.42. The van der Waals surface area contributed by atoms with Gasteiger partial charge in [0.05, 0.1) is 0 Å². The van der Waals surface area contributed by atoms with E-state index in [0.29, 0.717) is 31.5 Å².